The van der Waals surface area contributed by atoms with Crippen molar-refractivity contribution in [3.8, 4) is 11.5 Å². The van der Waals surface area contributed by atoms with E-state index in [1.54, 1.807) is 24.3 Å². The maximum absolute atomic E-state index is 12.2. The summed E-state index contributed by atoms with van der Waals surface area (Å²) < 4.78 is 10.4. The smallest absolute Gasteiger partial charge is 0.271 e. The van der Waals surface area contributed by atoms with E-state index in [-0.39, 0.29) is 5.91 Å². The fourth-order valence-electron chi connectivity index (χ4n) is 2.65. The molecular formula is C20H24ClN3O3. The van der Waals surface area contributed by atoms with E-state index in [4.69, 9.17) is 21.1 Å². The summed E-state index contributed by atoms with van der Waals surface area (Å²) in [6.45, 7) is 6.03. The third-order valence-corrected chi connectivity index (χ3v) is 4.37. The Morgan fingerprint density at radius 2 is 1.81 bits per heavy atom. The van der Waals surface area contributed by atoms with E-state index >= 15 is 0 Å². The number of nitrogens with one attached hydrogen (secondary N) is 1. The summed E-state index contributed by atoms with van der Waals surface area (Å²) >= 11 is 6.16. The van der Waals surface area contributed by atoms with Crippen LogP contribution in [0.2, 0.25) is 5.02 Å². The van der Waals surface area contributed by atoms with Crippen LogP contribution in [-0.2, 0) is 0 Å². The first kappa shape index (κ1) is 20.6. The van der Waals surface area contributed by atoms with Gasteiger partial charge < -0.3 is 14.4 Å². The second kappa shape index (κ2) is 9.83. The molecule has 2 rings (SSSR count). The second-order valence-electron chi connectivity index (χ2n) is 5.66. The summed E-state index contributed by atoms with van der Waals surface area (Å²) in [6, 6.07) is 10.8. The summed E-state index contributed by atoms with van der Waals surface area (Å²) in [7, 11) is 3.04. The lowest BCUT2D eigenvalue weighted by atomic mass is 10.2. The Labute approximate surface area is 164 Å². The third kappa shape index (κ3) is 5.14. The largest absolute Gasteiger partial charge is 0.493 e. The van der Waals surface area contributed by atoms with E-state index in [1.165, 1.54) is 20.4 Å². The Morgan fingerprint density at radius 3 is 2.37 bits per heavy atom. The number of nitrogens with zero attached hydrogens (tertiary/aromatic N) is 2. The fraction of sp³-hybridized carbons (Fsp3) is 0.300. The zero-order valence-corrected chi connectivity index (χ0v) is 16.7. The number of rotatable bonds is 8. The Kier molecular flexibility index (Phi) is 7.49. The van der Waals surface area contributed by atoms with Crippen molar-refractivity contribution in [1.29, 1.82) is 0 Å². The molecule has 0 aliphatic heterocycles. The third-order valence-electron chi connectivity index (χ3n) is 4.09. The summed E-state index contributed by atoms with van der Waals surface area (Å²) in [4.78, 5) is 14.4. The highest BCUT2D eigenvalue weighted by Gasteiger charge is 2.10. The SMILES string of the molecule is CCN(CC)c1ccc(C(=O)N/N=C\c2cc(Cl)c(OC)c(OC)c2)cc1. The van der Waals surface area contributed by atoms with Crippen molar-refractivity contribution in [1.82, 2.24) is 5.43 Å². The van der Waals surface area contributed by atoms with Crippen LogP contribution in [0.1, 0.15) is 29.8 Å². The first-order valence-corrected chi connectivity index (χ1v) is 9.01. The van der Waals surface area contributed by atoms with E-state index in [9.17, 15) is 4.79 Å². The summed E-state index contributed by atoms with van der Waals surface area (Å²) in [5.74, 6) is 0.655. The summed E-state index contributed by atoms with van der Waals surface area (Å²) in [6.07, 6.45) is 1.50. The van der Waals surface area contributed by atoms with Crippen molar-refractivity contribution in [3.63, 3.8) is 0 Å². The van der Waals surface area contributed by atoms with Gasteiger partial charge in [-0.1, -0.05) is 11.6 Å². The predicted molar refractivity (Wildman–Crippen MR) is 110 cm³/mol. The molecule has 0 spiro atoms. The van der Waals surface area contributed by atoms with E-state index < -0.39 is 0 Å². The first-order chi connectivity index (χ1) is 13.0. The van der Waals surface area contributed by atoms with Gasteiger partial charge in [0, 0.05) is 24.3 Å². The average molecular weight is 390 g/mol. The topological polar surface area (TPSA) is 63.2 Å². The van der Waals surface area contributed by atoms with Crippen LogP contribution >= 0.6 is 11.6 Å². The van der Waals surface area contributed by atoms with Crippen molar-refractivity contribution in [2.24, 2.45) is 5.10 Å². The molecule has 0 aliphatic rings. The lowest BCUT2D eigenvalue weighted by molar-refractivity contribution is 0.0955. The number of hydrogen-bond acceptors (Lipinski definition) is 5. The van der Waals surface area contributed by atoms with Crippen LogP contribution in [-0.4, -0.2) is 39.4 Å². The quantitative estimate of drug-likeness (QED) is 0.548. The number of anilines is 1. The highest BCUT2D eigenvalue weighted by atomic mass is 35.5. The van der Waals surface area contributed by atoms with Gasteiger partial charge in [0.2, 0.25) is 0 Å². The zero-order valence-electron chi connectivity index (χ0n) is 16.0. The van der Waals surface area contributed by atoms with E-state index in [1.807, 2.05) is 12.1 Å². The molecule has 0 unspecified atom stereocenters. The summed E-state index contributed by atoms with van der Waals surface area (Å²) in [5, 5.41) is 4.39. The number of carbonyl (C=O) groups excluding carboxylic acids is 1. The van der Waals surface area contributed by atoms with Crippen LogP contribution in [0.15, 0.2) is 41.5 Å². The van der Waals surface area contributed by atoms with Gasteiger partial charge in [0.1, 0.15) is 0 Å². The van der Waals surface area contributed by atoms with Crippen molar-refractivity contribution >= 4 is 29.4 Å². The Bertz CT molecular complexity index is 803. The molecular weight excluding hydrogens is 366 g/mol. The molecule has 144 valence electrons. The van der Waals surface area contributed by atoms with Gasteiger partial charge in [-0.05, 0) is 55.8 Å². The van der Waals surface area contributed by atoms with Gasteiger partial charge in [0.15, 0.2) is 11.5 Å². The molecule has 2 aromatic rings. The van der Waals surface area contributed by atoms with Crippen LogP contribution in [0, 0.1) is 0 Å². The number of hydrazone groups is 1. The molecule has 27 heavy (non-hydrogen) atoms. The van der Waals surface area contributed by atoms with Crippen molar-refractivity contribution in [3.05, 3.63) is 52.5 Å². The van der Waals surface area contributed by atoms with Crippen LogP contribution in [0.3, 0.4) is 0 Å². The molecule has 7 heteroatoms. The number of halogens is 1. The number of methoxy groups -OCH3 is 2. The molecule has 1 N–H and O–H groups in total. The van der Waals surface area contributed by atoms with Crippen molar-refractivity contribution in [2.45, 2.75) is 13.8 Å². The Balaban J connectivity index is 2.06. The molecule has 0 radical (unpaired) electrons. The van der Waals surface area contributed by atoms with Gasteiger partial charge >= 0.3 is 0 Å². The van der Waals surface area contributed by atoms with Gasteiger partial charge in [-0.25, -0.2) is 5.43 Å². The van der Waals surface area contributed by atoms with Gasteiger partial charge in [0.25, 0.3) is 5.91 Å². The minimum Gasteiger partial charge on any atom is -0.493 e. The second-order valence-corrected chi connectivity index (χ2v) is 6.06. The van der Waals surface area contributed by atoms with E-state index in [0.717, 1.165) is 18.8 Å². The molecule has 0 bridgehead atoms. The number of benzene rings is 2. The van der Waals surface area contributed by atoms with E-state index in [0.29, 0.717) is 27.6 Å². The normalized spacial score (nSPS) is 10.7. The maximum atomic E-state index is 12.2. The van der Waals surface area contributed by atoms with Gasteiger partial charge in [-0.2, -0.15) is 5.10 Å². The van der Waals surface area contributed by atoms with Crippen LogP contribution < -0.4 is 19.8 Å². The van der Waals surface area contributed by atoms with Crippen molar-refractivity contribution < 1.29 is 14.3 Å². The zero-order chi connectivity index (χ0) is 19.8. The Morgan fingerprint density at radius 1 is 1.15 bits per heavy atom. The van der Waals surface area contributed by atoms with Gasteiger partial charge in [0.05, 0.1) is 25.5 Å². The lowest BCUT2D eigenvalue weighted by Crippen LogP contribution is -2.22. The lowest BCUT2D eigenvalue weighted by Gasteiger charge is -2.20. The highest BCUT2D eigenvalue weighted by Crippen LogP contribution is 2.35. The number of carbonyl (C=O) groups is 1. The minimum atomic E-state index is -0.288. The predicted octanol–water partition coefficient (Wildman–Crippen LogP) is 3.97. The number of ether oxygens (including phenoxy) is 2. The van der Waals surface area contributed by atoms with Crippen molar-refractivity contribution in [2.75, 3.05) is 32.2 Å². The molecule has 0 saturated carbocycles. The molecule has 0 atom stereocenters. The molecule has 0 aromatic heterocycles. The standard InChI is InChI=1S/C20H24ClN3O3/c1-5-24(6-2)16-9-7-15(8-10-16)20(25)23-22-13-14-11-17(21)19(27-4)18(12-14)26-3/h7-13H,5-6H2,1-4H3,(H,23,25)/b22-13-. The van der Waals surface area contributed by atoms with Crippen LogP contribution in [0.4, 0.5) is 5.69 Å². The molecule has 1 amide bonds. The average Bonchev–Trinajstić information content (AvgIpc) is 2.68. The molecule has 6 nitrogen and oxygen atoms in total. The Hall–Kier alpha value is -2.73. The van der Waals surface area contributed by atoms with Gasteiger partial charge in [-0.3, -0.25) is 4.79 Å². The minimum absolute atomic E-state index is 0.288. The fourth-order valence-corrected chi connectivity index (χ4v) is 2.95. The van der Waals surface area contributed by atoms with Gasteiger partial charge in [-0.15, -0.1) is 0 Å². The number of hydrogen-bond donors (Lipinski definition) is 1. The molecule has 0 heterocycles. The van der Waals surface area contributed by atoms with Crippen LogP contribution in [0.25, 0.3) is 0 Å². The van der Waals surface area contributed by atoms with E-state index in [2.05, 4.69) is 29.3 Å². The molecule has 0 fully saturated rings. The molecule has 0 saturated heterocycles. The van der Waals surface area contributed by atoms with Crippen LogP contribution in [0.5, 0.6) is 11.5 Å². The first-order valence-electron chi connectivity index (χ1n) is 8.63. The molecule has 0 aliphatic carbocycles. The molecule has 2 aromatic carbocycles. The number of amides is 1. The monoisotopic (exact) mass is 389 g/mol. The maximum Gasteiger partial charge on any atom is 0.271 e. The summed E-state index contributed by atoms with van der Waals surface area (Å²) in [5.41, 5.74) is 4.81. The highest BCUT2D eigenvalue weighted by molar-refractivity contribution is 6.32.